The van der Waals surface area contributed by atoms with Gasteiger partial charge < -0.3 is 0 Å². The topological polar surface area (TPSA) is 75.3 Å². The van der Waals surface area contributed by atoms with E-state index in [-0.39, 0.29) is 0 Å². The molecule has 5 heteroatoms. The van der Waals surface area contributed by atoms with Gasteiger partial charge in [-0.2, -0.15) is 5.26 Å². The zero-order valence-corrected chi connectivity index (χ0v) is 28.0. The zero-order chi connectivity index (χ0) is 34.9. The normalized spacial score (nSPS) is 11.1. The Hall–Kier alpha value is -7.29. The molecule has 242 valence electrons. The second-order valence-corrected chi connectivity index (χ2v) is 12.6. The highest BCUT2D eigenvalue weighted by Crippen LogP contribution is 2.35. The quantitative estimate of drug-likeness (QED) is 0.177. The average molecular weight is 664 g/mol. The number of nitrogens with zero attached hydrogens (tertiary/aromatic N) is 5. The van der Waals surface area contributed by atoms with Gasteiger partial charge in [-0.1, -0.05) is 133 Å². The Balaban J connectivity index is 1.12. The molecular formula is C47H29N5. The molecule has 0 bridgehead atoms. The molecular weight excluding hydrogens is 635 g/mol. The molecule has 7 aromatic carbocycles. The minimum absolute atomic E-state index is 0.574. The predicted octanol–water partition coefficient (Wildman–Crippen LogP) is 11.4. The Labute approximate surface area is 301 Å². The molecule has 2 heterocycles. The number of benzene rings is 7. The first-order valence-electron chi connectivity index (χ1n) is 17.1. The third-order valence-corrected chi connectivity index (χ3v) is 9.27. The second kappa shape index (κ2) is 13.2. The molecule has 0 fully saturated rings. The van der Waals surface area contributed by atoms with Crippen LogP contribution < -0.4 is 0 Å². The predicted molar refractivity (Wildman–Crippen MR) is 210 cm³/mol. The van der Waals surface area contributed by atoms with Crippen molar-refractivity contribution >= 4 is 21.8 Å². The third kappa shape index (κ3) is 5.85. The van der Waals surface area contributed by atoms with Crippen LogP contribution in [0, 0.1) is 11.3 Å². The molecule has 0 aliphatic rings. The molecule has 0 aliphatic carbocycles. The van der Waals surface area contributed by atoms with Crippen LogP contribution >= 0.6 is 0 Å². The molecule has 0 N–H and O–H groups in total. The zero-order valence-electron chi connectivity index (χ0n) is 28.0. The summed E-state index contributed by atoms with van der Waals surface area (Å²) in [6, 6.07) is 61.5. The second-order valence-electron chi connectivity index (χ2n) is 12.6. The SMILES string of the molecule is N#Cc1cc(-c2cccc(-c3nc(-c4ccccc4)c4ccccc4n3)c2)cc(-c2cccc(-c3nc(-c4ccccc4)c4ccccc4n3)c2)c1. The van der Waals surface area contributed by atoms with Crippen LogP contribution in [0.4, 0.5) is 0 Å². The highest BCUT2D eigenvalue weighted by atomic mass is 14.9. The lowest BCUT2D eigenvalue weighted by Gasteiger charge is -2.12. The summed E-state index contributed by atoms with van der Waals surface area (Å²) in [7, 11) is 0. The van der Waals surface area contributed by atoms with Crippen LogP contribution in [0.15, 0.2) is 176 Å². The fourth-order valence-corrected chi connectivity index (χ4v) is 6.74. The number of para-hydroxylation sites is 2. The van der Waals surface area contributed by atoms with Crippen molar-refractivity contribution < 1.29 is 0 Å². The van der Waals surface area contributed by atoms with Crippen molar-refractivity contribution in [1.29, 1.82) is 5.26 Å². The van der Waals surface area contributed by atoms with Crippen molar-refractivity contribution in [2.75, 3.05) is 0 Å². The van der Waals surface area contributed by atoms with Crippen molar-refractivity contribution in [1.82, 2.24) is 19.9 Å². The molecule has 9 rings (SSSR count). The molecule has 0 saturated heterocycles. The van der Waals surface area contributed by atoms with Gasteiger partial charge >= 0.3 is 0 Å². The molecule has 0 saturated carbocycles. The van der Waals surface area contributed by atoms with Crippen LogP contribution in [0.25, 0.3) is 89.4 Å². The van der Waals surface area contributed by atoms with Gasteiger partial charge in [0.2, 0.25) is 0 Å². The van der Waals surface area contributed by atoms with E-state index in [1.807, 2.05) is 109 Å². The molecule has 0 spiro atoms. The smallest absolute Gasteiger partial charge is 0.160 e. The lowest BCUT2D eigenvalue weighted by Crippen LogP contribution is -1.96. The summed E-state index contributed by atoms with van der Waals surface area (Å²) in [5, 5.41) is 12.1. The number of hydrogen-bond donors (Lipinski definition) is 0. The lowest BCUT2D eigenvalue weighted by molar-refractivity contribution is 1.23. The van der Waals surface area contributed by atoms with Crippen molar-refractivity contribution in [3.05, 3.63) is 181 Å². The van der Waals surface area contributed by atoms with Gasteiger partial charge in [0.15, 0.2) is 11.6 Å². The Morgan fingerprint density at radius 3 is 1.17 bits per heavy atom. The summed E-state index contributed by atoms with van der Waals surface area (Å²) in [5.41, 5.74) is 11.8. The van der Waals surface area contributed by atoms with Crippen molar-refractivity contribution in [2.24, 2.45) is 0 Å². The van der Waals surface area contributed by atoms with Gasteiger partial charge in [0.25, 0.3) is 0 Å². The van der Waals surface area contributed by atoms with Gasteiger partial charge in [-0.3, -0.25) is 0 Å². The molecule has 0 unspecified atom stereocenters. The monoisotopic (exact) mass is 663 g/mol. The van der Waals surface area contributed by atoms with Gasteiger partial charge in [0.1, 0.15) is 0 Å². The standard InChI is InChI=1S/C47H29N5/c48-30-31-25-38(34-17-11-19-36(27-34)46-49-42-23-9-7-21-40(42)44(51-46)32-13-3-1-4-14-32)29-39(26-31)35-18-12-20-37(28-35)47-50-43-24-10-8-22-41(43)45(52-47)33-15-5-2-6-16-33/h1-29H. The summed E-state index contributed by atoms with van der Waals surface area (Å²) in [6.45, 7) is 0. The Morgan fingerprint density at radius 2 is 0.712 bits per heavy atom. The van der Waals surface area contributed by atoms with E-state index in [0.717, 1.165) is 77.7 Å². The summed E-state index contributed by atoms with van der Waals surface area (Å²) in [6.07, 6.45) is 0. The van der Waals surface area contributed by atoms with E-state index in [9.17, 15) is 5.26 Å². The van der Waals surface area contributed by atoms with Gasteiger partial charge in [-0.15, -0.1) is 0 Å². The third-order valence-electron chi connectivity index (χ3n) is 9.27. The summed E-state index contributed by atoms with van der Waals surface area (Å²) in [4.78, 5) is 20.1. The van der Waals surface area contributed by atoms with Crippen LogP contribution in [-0.2, 0) is 0 Å². The van der Waals surface area contributed by atoms with E-state index in [4.69, 9.17) is 19.9 Å². The summed E-state index contributed by atoms with van der Waals surface area (Å²) in [5.74, 6) is 1.29. The Bertz CT molecular complexity index is 2620. The van der Waals surface area contributed by atoms with E-state index in [1.54, 1.807) is 0 Å². The molecule has 0 amide bonds. The lowest BCUT2D eigenvalue weighted by atomic mass is 9.94. The van der Waals surface area contributed by atoms with Crippen LogP contribution in [0.2, 0.25) is 0 Å². The summed E-state index contributed by atoms with van der Waals surface area (Å²) >= 11 is 0. The van der Waals surface area contributed by atoms with Gasteiger partial charge in [0, 0.05) is 33.0 Å². The van der Waals surface area contributed by atoms with E-state index in [0.29, 0.717) is 17.2 Å². The number of hydrogen-bond acceptors (Lipinski definition) is 5. The number of rotatable bonds is 6. The van der Waals surface area contributed by atoms with Crippen molar-refractivity contribution in [3.63, 3.8) is 0 Å². The van der Waals surface area contributed by atoms with Crippen LogP contribution in [0.3, 0.4) is 0 Å². The van der Waals surface area contributed by atoms with Crippen molar-refractivity contribution in [2.45, 2.75) is 0 Å². The number of fused-ring (bicyclic) bond motifs is 2. The van der Waals surface area contributed by atoms with Gasteiger partial charge in [-0.25, -0.2) is 19.9 Å². The maximum atomic E-state index is 10.1. The maximum absolute atomic E-state index is 10.1. The average Bonchev–Trinajstić information content (AvgIpc) is 3.23. The minimum Gasteiger partial charge on any atom is -0.228 e. The molecule has 0 radical (unpaired) electrons. The van der Waals surface area contributed by atoms with E-state index in [2.05, 4.69) is 72.8 Å². The van der Waals surface area contributed by atoms with Crippen molar-refractivity contribution in [3.8, 4) is 73.6 Å². The largest absolute Gasteiger partial charge is 0.228 e. The molecule has 52 heavy (non-hydrogen) atoms. The highest BCUT2D eigenvalue weighted by Gasteiger charge is 2.15. The van der Waals surface area contributed by atoms with E-state index >= 15 is 0 Å². The number of nitriles is 1. The number of aromatic nitrogens is 4. The van der Waals surface area contributed by atoms with Crippen LogP contribution in [-0.4, -0.2) is 19.9 Å². The first kappa shape index (κ1) is 30.7. The molecule has 5 nitrogen and oxygen atoms in total. The molecule has 0 atom stereocenters. The van der Waals surface area contributed by atoms with E-state index < -0.39 is 0 Å². The fourth-order valence-electron chi connectivity index (χ4n) is 6.74. The van der Waals surface area contributed by atoms with Crippen LogP contribution in [0.1, 0.15) is 5.56 Å². The highest BCUT2D eigenvalue weighted by molar-refractivity contribution is 5.95. The molecule has 0 aliphatic heterocycles. The minimum atomic E-state index is 0.574. The first-order valence-corrected chi connectivity index (χ1v) is 17.1. The van der Waals surface area contributed by atoms with Gasteiger partial charge in [0.05, 0.1) is 34.1 Å². The van der Waals surface area contributed by atoms with Gasteiger partial charge in [-0.05, 0) is 64.7 Å². The summed E-state index contributed by atoms with van der Waals surface area (Å²) < 4.78 is 0. The first-order chi connectivity index (χ1) is 25.7. The molecule has 2 aromatic heterocycles. The Kier molecular flexibility index (Phi) is 7.81. The fraction of sp³-hybridized carbons (Fsp3) is 0. The Morgan fingerprint density at radius 1 is 0.327 bits per heavy atom. The molecule has 9 aromatic rings. The van der Waals surface area contributed by atoms with Crippen LogP contribution in [0.5, 0.6) is 0 Å². The van der Waals surface area contributed by atoms with E-state index in [1.165, 1.54) is 0 Å². The maximum Gasteiger partial charge on any atom is 0.160 e.